The number of halogens is 1. The van der Waals surface area contributed by atoms with Crippen molar-refractivity contribution in [1.82, 2.24) is 15.0 Å². The van der Waals surface area contributed by atoms with Gasteiger partial charge in [-0.2, -0.15) is 4.98 Å². The summed E-state index contributed by atoms with van der Waals surface area (Å²) in [4.78, 5) is 12.9. The van der Waals surface area contributed by atoms with Gasteiger partial charge in [0, 0.05) is 21.7 Å². The fraction of sp³-hybridized carbons (Fsp3) is 0.174. The number of unbranched alkanes of at least 4 members (excludes halogenated alkanes) is 1. The molecule has 7 nitrogen and oxygen atoms in total. The van der Waals surface area contributed by atoms with E-state index in [0.29, 0.717) is 29.4 Å². The van der Waals surface area contributed by atoms with Crippen LogP contribution in [0, 0.1) is 0 Å². The molecule has 2 aromatic heterocycles. The molecule has 0 bridgehead atoms. The predicted octanol–water partition coefficient (Wildman–Crippen LogP) is 6.08. The van der Waals surface area contributed by atoms with Crippen LogP contribution >= 0.6 is 15.9 Å². The van der Waals surface area contributed by atoms with Gasteiger partial charge in [-0.15, -0.1) is 0 Å². The summed E-state index contributed by atoms with van der Waals surface area (Å²) in [6.07, 6.45) is 5.25. The standard InChI is InChI=1S/C23H22BrN5O2/c1-2-3-13-30-16-8-6-15(7-9-16)29-22-20(25)23(28-14-27-22)31-19-11-10-18(24)17-5-4-12-26-21(17)19/h4-12,14H,2-3,13,25H2,1H3,(H,27,28,29). The molecule has 0 unspecified atom stereocenters. The van der Waals surface area contributed by atoms with Gasteiger partial charge in [0.1, 0.15) is 23.3 Å². The van der Waals surface area contributed by atoms with Crippen molar-refractivity contribution in [2.24, 2.45) is 0 Å². The molecule has 0 aliphatic heterocycles. The first-order valence-electron chi connectivity index (χ1n) is 9.97. The summed E-state index contributed by atoms with van der Waals surface area (Å²) in [6, 6.07) is 15.2. The average Bonchev–Trinajstić information content (AvgIpc) is 2.80. The second-order valence-electron chi connectivity index (χ2n) is 6.84. The van der Waals surface area contributed by atoms with Gasteiger partial charge in [-0.05, 0) is 48.9 Å². The van der Waals surface area contributed by atoms with E-state index in [2.05, 4.69) is 43.1 Å². The van der Waals surface area contributed by atoms with Gasteiger partial charge in [0.2, 0.25) is 5.88 Å². The number of rotatable bonds is 8. The second-order valence-corrected chi connectivity index (χ2v) is 7.69. The number of nitrogen functional groups attached to an aromatic ring is 1. The highest BCUT2D eigenvalue weighted by Gasteiger charge is 2.14. The van der Waals surface area contributed by atoms with Gasteiger partial charge in [0.05, 0.1) is 6.61 Å². The zero-order valence-electron chi connectivity index (χ0n) is 17.0. The van der Waals surface area contributed by atoms with Gasteiger partial charge in [-0.1, -0.05) is 35.3 Å². The van der Waals surface area contributed by atoms with E-state index in [1.165, 1.54) is 6.33 Å². The van der Waals surface area contributed by atoms with Crippen molar-refractivity contribution in [3.63, 3.8) is 0 Å². The van der Waals surface area contributed by atoms with Crippen molar-refractivity contribution >= 4 is 44.0 Å². The Morgan fingerprint density at radius 2 is 1.87 bits per heavy atom. The maximum absolute atomic E-state index is 6.30. The summed E-state index contributed by atoms with van der Waals surface area (Å²) >= 11 is 3.54. The van der Waals surface area contributed by atoms with E-state index in [-0.39, 0.29) is 5.88 Å². The van der Waals surface area contributed by atoms with Crippen LogP contribution in [-0.2, 0) is 0 Å². The van der Waals surface area contributed by atoms with Gasteiger partial charge in [0.15, 0.2) is 11.6 Å². The van der Waals surface area contributed by atoms with Crippen molar-refractivity contribution in [2.45, 2.75) is 19.8 Å². The number of nitrogens with zero attached hydrogens (tertiary/aromatic N) is 3. The Kier molecular flexibility index (Phi) is 6.47. The molecule has 3 N–H and O–H groups in total. The van der Waals surface area contributed by atoms with Crippen LogP contribution in [0.5, 0.6) is 17.4 Å². The summed E-state index contributed by atoms with van der Waals surface area (Å²) in [5.41, 5.74) is 8.14. The minimum atomic E-state index is 0.256. The third-order valence-electron chi connectivity index (χ3n) is 4.62. The molecule has 2 aromatic carbocycles. The number of nitrogens with one attached hydrogen (secondary N) is 1. The minimum absolute atomic E-state index is 0.256. The molecule has 4 rings (SSSR count). The number of pyridine rings is 1. The maximum Gasteiger partial charge on any atom is 0.248 e. The third-order valence-corrected chi connectivity index (χ3v) is 5.31. The predicted molar refractivity (Wildman–Crippen MR) is 126 cm³/mol. The Bertz CT molecular complexity index is 1180. The van der Waals surface area contributed by atoms with E-state index in [1.807, 2.05) is 48.5 Å². The van der Waals surface area contributed by atoms with Crippen LogP contribution in [0.25, 0.3) is 10.9 Å². The molecule has 0 amide bonds. The van der Waals surface area contributed by atoms with Crippen LogP contribution in [0.4, 0.5) is 17.2 Å². The first-order chi connectivity index (χ1) is 15.2. The first kappa shape index (κ1) is 20.9. The smallest absolute Gasteiger partial charge is 0.248 e. The number of hydrogen-bond acceptors (Lipinski definition) is 7. The molecular formula is C23H22BrN5O2. The molecule has 2 heterocycles. The number of fused-ring (bicyclic) bond motifs is 1. The van der Waals surface area contributed by atoms with Crippen molar-refractivity contribution in [2.75, 3.05) is 17.7 Å². The van der Waals surface area contributed by atoms with Gasteiger partial charge in [-0.3, -0.25) is 4.98 Å². The largest absolute Gasteiger partial charge is 0.494 e. The van der Waals surface area contributed by atoms with E-state index in [9.17, 15) is 0 Å². The fourth-order valence-electron chi connectivity index (χ4n) is 2.96. The summed E-state index contributed by atoms with van der Waals surface area (Å²) in [5.74, 6) is 2.10. The summed E-state index contributed by atoms with van der Waals surface area (Å²) in [7, 11) is 0. The number of anilines is 3. The Morgan fingerprint density at radius 3 is 2.68 bits per heavy atom. The topological polar surface area (TPSA) is 95.2 Å². The van der Waals surface area contributed by atoms with E-state index in [0.717, 1.165) is 34.1 Å². The molecule has 0 radical (unpaired) electrons. The second kappa shape index (κ2) is 9.61. The molecule has 0 saturated carbocycles. The molecule has 4 aromatic rings. The van der Waals surface area contributed by atoms with Crippen molar-refractivity contribution in [3.8, 4) is 17.4 Å². The summed E-state index contributed by atoms with van der Waals surface area (Å²) in [5, 5.41) is 4.14. The van der Waals surface area contributed by atoms with Crippen LogP contribution in [0.3, 0.4) is 0 Å². The zero-order valence-corrected chi connectivity index (χ0v) is 18.6. The third kappa shape index (κ3) is 4.86. The normalized spacial score (nSPS) is 10.8. The Balaban J connectivity index is 1.53. The number of nitrogens with two attached hydrogens (primary N) is 1. The van der Waals surface area contributed by atoms with Crippen molar-refractivity contribution in [1.29, 1.82) is 0 Å². The van der Waals surface area contributed by atoms with Crippen LogP contribution in [0.1, 0.15) is 19.8 Å². The van der Waals surface area contributed by atoms with Gasteiger partial charge >= 0.3 is 0 Å². The number of ether oxygens (including phenoxy) is 2. The Hall–Kier alpha value is -3.39. The van der Waals surface area contributed by atoms with Crippen LogP contribution in [0.2, 0.25) is 0 Å². The molecule has 0 saturated heterocycles. The molecule has 0 fully saturated rings. The lowest BCUT2D eigenvalue weighted by Crippen LogP contribution is -2.03. The average molecular weight is 480 g/mol. The van der Waals surface area contributed by atoms with Gasteiger partial charge in [-0.25, -0.2) is 4.98 Å². The highest BCUT2D eigenvalue weighted by atomic mass is 79.9. The zero-order chi connectivity index (χ0) is 21.6. The van der Waals surface area contributed by atoms with E-state index < -0.39 is 0 Å². The van der Waals surface area contributed by atoms with Crippen molar-refractivity contribution in [3.05, 3.63) is 65.5 Å². The summed E-state index contributed by atoms with van der Waals surface area (Å²) < 4.78 is 12.6. The van der Waals surface area contributed by atoms with Gasteiger partial charge < -0.3 is 20.5 Å². The van der Waals surface area contributed by atoms with Crippen molar-refractivity contribution < 1.29 is 9.47 Å². The molecule has 31 heavy (non-hydrogen) atoms. The maximum atomic E-state index is 6.30. The van der Waals surface area contributed by atoms with E-state index in [1.54, 1.807) is 6.20 Å². The highest BCUT2D eigenvalue weighted by Crippen LogP contribution is 2.36. The lowest BCUT2D eigenvalue weighted by atomic mass is 10.2. The first-order valence-corrected chi connectivity index (χ1v) is 10.8. The monoisotopic (exact) mass is 479 g/mol. The molecule has 0 spiro atoms. The SMILES string of the molecule is CCCCOc1ccc(Nc2ncnc(Oc3ccc(Br)c4cccnc34)c2N)cc1. The van der Waals surface area contributed by atoms with Crippen LogP contribution in [0.15, 0.2) is 65.5 Å². The Morgan fingerprint density at radius 1 is 1.03 bits per heavy atom. The Labute approximate surface area is 188 Å². The van der Waals surface area contributed by atoms with E-state index in [4.69, 9.17) is 15.2 Å². The number of hydrogen-bond donors (Lipinski definition) is 2. The minimum Gasteiger partial charge on any atom is -0.494 e. The van der Waals surface area contributed by atoms with Crippen LogP contribution < -0.4 is 20.5 Å². The molecule has 158 valence electrons. The lowest BCUT2D eigenvalue weighted by Gasteiger charge is -2.13. The molecular weight excluding hydrogens is 458 g/mol. The molecule has 0 aliphatic rings. The highest BCUT2D eigenvalue weighted by molar-refractivity contribution is 9.10. The fourth-order valence-corrected chi connectivity index (χ4v) is 3.42. The van der Waals surface area contributed by atoms with Crippen LogP contribution in [-0.4, -0.2) is 21.6 Å². The van der Waals surface area contributed by atoms with E-state index >= 15 is 0 Å². The lowest BCUT2D eigenvalue weighted by molar-refractivity contribution is 0.309. The molecule has 0 aliphatic carbocycles. The number of benzene rings is 2. The molecule has 8 heteroatoms. The number of aromatic nitrogens is 3. The van der Waals surface area contributed by atoms with Gasteiger partial charge in [0.25, 0.3) is 0 Å². The quantitative estimate of drug-likeness (QED) is 0.295. The molecule has 0 atom stereocenters. The summed E-state index contributed by atoms with van der Waals surface area (Å²) in [6.45, 7) is 2.85.